The van der Waals surface area contributed by atoms with Crippen LogP contribution in [0.4, 0.5) is 5.69 Å². The quantitative estimate of drug-likeness (QED) is 0.886. The van der Waals surface area contributed by atoms with Crippen molar-refractivity contribution in [3.63, 3.8) is 0 Å². The highest BCUT2D eigenvalue weighted by Crippen LogP contribution is 2.26. The summed E-state index contributed by atoms with van der Waals surface area (Å²) in [5.74, 6) is 0. The van der Waals surface area contributed by atoms with Crippen molar-refractivity contribution in [2.45, 2.75) is 32.4 Å². The molecule has 1 aromatic rings. The first-order valence-corrected chi connectivity index (χ1v) is 6.73. The lowest BCUT2D eigenvalue weighted by atomic mass is 10.0. The fourth-order valence-corrected chi connectivity index (χ4v) is 2.77. The van der Waals surface area contributed by atoms with E-state index in [1.54, 1.807) is 0 Å². The average Bonchev–Trinajstić information content (AvgIpc) is 2.38. The molecule has 1 aliphatic heterocycles. The maximum atomic E-state index is 9.48. The Morgan fingerprint density at radius 1 is 1.28 bits per heavy atom. The standard InChI is InChI=1S/C15H24N2O/c1-12-4-5-15(13(10-12)11-18)17-8-6-14(7-9-17)16(2)3/h4-5,10,14,18H,6-9,11H2,1-3H3. The van der Waals surface area contributed by atoms with Crippen LogP contribution in [-0.4, -0.2) is 43.2 Å². The highest BCUT2D eigenvalue weighted by Gasteiger charge is 2.21. The molecule has 0 atom stereocenters. The molecule has 3 nitrogen and oxygen atoms in total. The molecule has 0 bridgehead atoms. The Bertz CT molecular complexity index is 395. The van der Waals surface area contributed by atoms with Crippen LogP contribution in [0.2, 0.25) is 0 Å². The van der Waals surface area contributed by atoms with E-state index in [0.29, 0.717) is 6.04 Å². The van der Waals surface area contributed by atoms with E-state index in [1.165, 1.54) is 24.1 Å². The molecule has 1 N–H and O–H groups in total. The minimum absolute atomic E-state index is 0.130. The van der Waals surface area contributed by atoms with E-state index in [9.17, 15) is 5.11 Å². The minimum atomic E-state index is 0.130. The van der Waals surface area contributed by atoms with Gasteiger partial charge >= 0.3 is 0 Å². The van der Waals surface area contributed by atoms with Crippen molar-refractivity contribution >= 4 is 5.69 Å². The van der Waals surface area contributed by atoms with E-state index >= 15 is 0 Å². The molecule has 0 amide bonds. The largest absolute Gasteiger partial charge is 0.392 e. The lowest BCUT2D eigenvalue weighted by Crippen LogP contribution is -2.42. The van der Waals surface area contributed by atoms with Gasteiger partial charge in [-0.2, -0.15) is 0 Å². The molecule has 2 rings (SSSR count). The summed E-state index contributed by atoms with van der Waals surface area (Å²) in [5.41, 5.74) is 3.48. The molecule has 1 aromatic carbocycles. The van der Waals surface area contributed by atoms with Gasteiger partial charge in [0, 0.05) is 30.4 Å². The van der Waals surface area contributed by atoms with Crippen molar-refractivity contribution in [3.8, 4) is 0 Å². The summed E-state index contributed by atoms with van der Waals surface area (Å²) < 4.78 is 0. The summed E-state index contributed by atoms with van der Waals surface area (Å²) in [5, 5.41) is 9.48. The molecular weight excluding hydrogens is 224 g/mol. The normalized spacial score (nSPS) is 17.5. The van der Waals surface area contributed by atoms with E-state index in [1.807, 2.05) is 0 Å². The second-order valence-electron chi connectivity index (χ2n) is 5.47. The molecule has 1 heterocycles. The summed E-state index contributed by atoms with van der Waals surface area (Å²) >= 11 is 0. The van der Waals surface area contributed by atoms with E-state index in [0.717, 1.165) is 18.7 Å². The van der Waals surface area contributed by atoms with Gasteiger partial charge in [0.15, 0.2) is 0 Å². The van der Waals surface area contributed by atoms with E-state index in [2.05, 4.69) is 49.0 Å². The zero-order chi connectivity index (χ0) is 13.1. The third kappa shape index (κ3) is 2.85. The number of aryl methyl sites for hydroxylation is 1. The van der Waals surface area contributed by atoms with Gasteiger partial charge in [-0.3, -0.25) is 0 Å². The molecule has 18 heavy (non-hydrogen) atoms. The Kier molecular flexibility index (Phi) is 4.25. The lowest BCUT2D eigenvalue weighted by Gasteiger charge is -2.37. The number of piperidine rings is 1. The summed E-state index contributed by atoms with van der Waals surface area (Å²) in [6, 6.07) is 7.07. The lowest BCUT2D eigenvalue weighted by molar-refractivity contribution is 0.248. The maximum Gasteiger partial charge on any atom is 0.0702 e. The molecule has 1 aliphatic rings. The molecule has 0 unspecified atom stereocenters. The van der Waals surface area contributed by atoms with Crippen molar-refractivity contribution < 1.29 is 5.11 Å². The monoisotopic (exact) mass is 248 g/mol. The maximum absolute atomic E-state index is 9.48. The Balaban J connectivity index is 2.09. The number of aliphatic hydroxyl groups is 1. The first-order chi connectivity index (χ1) is 8.61. The molecule has 0 radical (unpaired) electrons. The van der Waals surface area contributed by atoms with Crippen molar-refractivity contribution in [1.82, 2.24) is 4.90 Å². The zero-order valence-corrected chi connectivity index (χ0v) is 11.7. The molecule has 3 heteroatoms. The van der Waals surface area contributed by atoms with Gasteiger partial charge in [0.05, 0.1) is 6.61 Å². The summed E-state index contributed by atoms with van der Waals surface area (Å²) in [7, 11) is 4.32. The highest BCUT2D eigenvalue weighted by atomic mass is 16.3. The minimum Gasteiger partial charge on any atom is -0.392 e. The van der Waals surface area contributed by atoms with Crippen molar-refractivity contribution in [3.05, 3.63) is 29.3 Å². The van der Waals surface area contributed by atoms with Gasteiger partial charge in [0.2, 0.25) is 0 Å². The summed E-state index contributed by atoms with van der Waals surface area (Å²) in [6.07, 6.45) is 2.40. The van der Waals surface area contributed by atoms with E-state index < -0.39 is 0 Å². The predicted octanol–water partition coefficient (Wildman–Crippen LogP) is 2.02. The van der Waals surface area contributed by atoms with E-state index in [-0.39, 0.29) is 6.61 Å². The number of rotatable bonds is 3. The van der Waals surface area contributed by atoms with Crippen LogP contribution >= 0.6 is 0 Å². The Morgan fingerprint density at radius 2 is 1.94 bits per heavy atom. The van der Waals surface area contributed by atoms with E-state index in [4.69, 9.17) is 0 Å². The molecule has 1 fully saturated rings. The summed E-state index contributed by atoms with van der Waals surface area (Å²) in [4.78, 5) is 4.73. The van der Waals surface area contributed by atoms with Crippen LogP contribution < -0.4 is 4.90 Å². The highest BCUT2D eigenvalue weighted by molar-refractivity contribution is 5.55. The van der Waals surface area contributed by atoms with Crippen molar-refractivity contribution in [2.24, 2.45) is 0 Å². The van der Waals surface area contributed by atoms with Gasteiger partial charge in [0.1, 0.15) is 0 Å². The molecule has 0 aliphatic carbocycles. The second kappa shape index (κ2) is 5.72. The smallest absolute Gasteiger partial charge is 0.0702 e. The van der Waals surface area contributed by atoms with Gasteiger partial charge in [-0.1, -0.05) is 17.7 Å². The molecular formula is C15H24N2O. The van der Waals surface area contributed by atoms with Crippen LogP contribution in [0.1, 0.15) is 24.0 Å². The van der Waals surface area contributed by atoms with Gasteiger partial charge in [0.25, 0.3) is 0 Å². The number of anilines is 1. The zero-order valence-electron chi connectivity index (χ0n) is 11.7. The second-order valence-corrected chi connectivity index (χ2v) is 5.47. The van der Waals surface area contributed by atoms with Crippen LogP contribution in [0, 0.1) is 6.92 Å². The fraction of sp³-hybridized carbons (Fsp3) is 0.600. The van der Waals surface area contributed by atoms with Crippen molar-refractivity contribution in [2.75, 3.05) is 32.1 Å². The van der Waals surface area contributed by atoms with Crippen molar-refractivity contribution in [1.29, 1.82) is 0 Å². The Morgan fingerprint density at radius 3 is 2.50 bits per heavy atom. The van der Waals surface area contributed by atoms with Gasteiger partial charge in [-0.15, -0.1) is 0 Å². The first kappa shape index (κ1) is 13.4. The third-order valence-electron chi connectivity index (χ3n) is 3.94. The molecule has 0 spiro atoms. The van der Waals surface area contributed by atoms with Gasteiger partial charge in [-0.05, 0) is 39.9 Å². The molecule has 0 aromatic heterocycles. The number of nitrogens with zero attached hydrogens (tertiary/aromatic N) is 2. The van der Waals surface area contributed by atoms with Gasteiger partial charge in [-0.25, -0.2) is 0 Å². The number of hydrogen-bond acceptors (Lipinski definition) is 3. The topological polar surface area (TPSA) is 26.7 Å². The SMILES string of the molecule is Cc1ccc(N2CCC(N(C)C)CC2)c(CO)c1. The van der Waals surface area contributed by atoms with Crippen LogP contribution in [-0.2, 0) is 6.61 Å². The van der Waals surface area contributed by atoms with Crippen LogP contribution in [0.3, 0.4) is 0 Å². The average molecular weight is 248 g/mol. The van der Waals surface area contributed by atoms with Crippen LogP contribution in [0.25, 0.3) is 0 Å². The molecule has 0 saturated carbocycles. The Hall–Kier alpha value is -1.06. The van der Waals surface area contributed by atoms with Gasteiger partial charge < -0.3 is 14.9 Å². The first-order valence-electron chi connectivity index (χ1n) is 6.73. The molecule has 100 valence electrons. The summed E-state index contributed by atoms with van der Waals surface area (Å²) in [6.45, 7) is 4.36. The predicted molar refractivity (Wildman–Crippen MR) is 76.0 cm³/mol. The Labute approximate surface area is 110 Å². The van der Waals surface area contributed by atoms with Crippen LogP contribution in [0.5, 0.6) is 0 Å². The fourth-order valence-electron chi connectivity index (χ4n) is 2.77. The molecule has 1 saturated heterocycles. The number of benzene rings is 1. The third-order valence-corrected chi connectivity index (χ3v) is 3.94. The number of aliphatic hydroxyl groups excluding tert-OH is 1. The van der Waals surface area contributed by atoms with Crippen LogP contribution in [0.15, 0.2) is 18.2 Å². The number of hydrogen-bond donors (Lipinski definition) is 1.